The third-order valence-electron chi connectivity index (χ3n) is 4.09. The lowest BCUT2D eigenvalue weighted by Crippen LogP contribution is -2.43. The number of hydrogen-bond acceptors (Lipinski definition) is 5. The summed E-state index contributed by atoms with van der Waals surface area (Å²) in [6, 6.07) is 9.17. The number of guanidine groups is 1. The van der Waals surface area contributed by atoms with Gasteiger partial charge in [0.25, 0.3) is 0 Å². The second-order valence-electron chi connectivity index (χ2n) is 6.23. The number of pyridine rings is 1. The summed E-state index contributed by atoms with van der Waals surface area (Å²) < 4.78 is 41.7. The van der Waals surface area contributed by atoms with Crippen molar-refractivity contribution in [1.82, 2.24) is 15.6 Å². The first-order valence-electron chi connectivity index (χ1n) is 8.49. The molecule has 2 N–H and O–H groups in total. The molecule has 1 aliphatic rings. The molecule has 2 heterocycles. The molecule has 3 rings (SSSR count). The summed E-state index contributed by atoms with van der Waals surface area (Å²) in [7, 11) is -1.31. The molecule has 1 saturated heterocycles. The van der Waals surface area contributed by atoms with E-state index in [1.165, 1.54) is 24.3 Å². The van der Waals surface area contributed by atoms with E-state index in [1.54, 1.807) is 19.3 Å². The second kappa shape index (κ2) is 8.34. The fraction of sp³-hybridized carbons (Fsp3) is 0.333. The lowest BCUT2D eigenvalue weighted by atomic mass is 10.2. The monoisotopic (exact) mass is 392 g/mol. The van der Waals surface area contributed by atoms with Crippen molar-refractivity contribution in [2.24, 2.45) is 4.99 Å². The highest BCUT2D eigenvalue weighted by Gasteiger charge is 2.28. The van der Waals surface area contributed by atoms with E-state index in [0.717, 1.165) is 5.56 Å². The van der Waals surface area contributed by atoms with Gasteiger partial charge in [0.1, 0.15) is 11.6 Å². The maximum absolute atomic E-state index is 13.0. The Morgan fingerprint density at radius 1 is 1.33 bits per heavy atom. The van der Waals surface area contributed by atoms with E-state index in [1.807, 2.05) is 6.07 Å². The van der Waals surface area contributed by atoms with Crippen molar-refractivity contribution in [3.8, 4) is 11.6 Å². The summed E-state index contributed by atoms with van der Waals surface area (Å²) in [5.74, 6) is 1.42. The largest absolute Gasteiger partial charge is 0.439 e. The van der Waals surface area contributed by atoms with Gasteiger partial charge in [-0.1, -0.05) is 0 Å². The highest BCUT2D eigenvalue weighted by Crippen LogP contribution is 2.20. The van der Waals surface area contributed by atoms with Gasteiger partial charge < -0.3 is 15.4 Å². The average molecular weight is 392 g/mol. The fourth-order valence-electron chi connectivity index (χ4n) is 2.72. The van der Waals surface area contributed by atoms with E-state index < -0.39 is 9.84 Å². The van der Waals surface area contributed by atoms with Gasteiger partial charge in [0.05, 0.1) is 11.5 Å². The zero-order valence-electron chi connectivity index (χ0n) is 14.9. The molecule has 9 heteroatoms. The van der Waals surface area contributed by atoms with E-state index >= 15 is 0 Å². The van der Waals surface area contributed by atoms with Crippen molar-refractivity contribution < 1.29 is 17.5 Å². The fourth-order valence-corrected chi connectivity index (χ4v) is 4.40. The molecule has 2 aromatic rings. The third-order valence-corrected chi connectivity index (χ3v) is 5.86. The highest BCUT2D eigenvalue weighted by molar-refractivity contribution is 7.91. The Kier molecular flexibility index (Phi) is 5.90. The first kappa shape index (κ1) is 19.1. The van der Waals surface area contributed by atoms with Crippen LogP contribution in [0.5, 0.6) is 11.6 Å². The number of aliphatic imine (C=N–C) groups is 1. The Labute approximate surface area is 157 Å². The number of rotatable bonds is 5. The van der Waals surface area contributed by atoms with Crippen LogP contribution in [0, 0.1) is 5.82 Å². The van der Waals surface area contributed by atoms with Gasteiger partial charge in [-0.15, -0.1) is 0 Å². The van der Waals surface area contributed by atoms with Gasteiger partial charge in [-0.3, -0.25) is 4.99 Å². The summed E-state index contributed by atoms with van der Waals surface area (Å²) >= 11 is 0. The first-order valence-corrected chi connectivity index (χ1v) is 10.3. The molecule has 1 fully saturated rings. The molecule has 0 amide bonds. The SMILES string of the molecule is CN=C(NCc1ccnc(Oc2ccc(F)cc2)c1)NC1CCS(=O)(=O)C1. The second-order valence-corrected chi connectivity index (χ2v) is 8.46. The summed E-state index contributed by atoms with van der Waals surface area (Å²) in [5, 5.41) is 6.28. The maximum atomic E-state index is 13.0. The molecular formula is C18H21FN4O3S. The van der Waals surface area contributed by atoms with Crippen LogP contribution in [-0.4, -0.2) is 44.0 Å². The van der Waals surface area contributed by atoms with E-state index in [-0.39, 0.29) is 23.4 Å². The predicted molar refractivity (Wildman–Crippen MR) is 101 cm³/mol. The van der Waals surface area contributed by atoms with Crippen LogP contribution in [0.15, 0.2) is 47.6 Å². The van der Waals surface area contributed by atoms with Gasteiger partial charge in [-0.2, -0.15) is 0 Å². The van der Waals surface area contributed by atoms with Crippen molar-refractivity contribution in [3.63, 3.8) is 0 Å². The molecule has 1 aromatic heterocycles. The number of nitrogens with one attached hydrogen (secondary N) is 2. The Morgan fingerprint density at radius 2 is 2.11 bits per heavy atom. The smallest absolute Gasteiger partial charge is 0.219 e. The van der Waals surface area contributed by atoms with Crippen molar-refractivity contribution >= 4 is 15.8 Å². The molecule has 144 valence electrons. The Morgan fingerprint density at radius 3 is 2.78 bits per heavy atom. The molecule has 0 bridgehead atoms. The molecular weight excluding hydrogens is 371 g/mol. The van der Waals surface area contributed by atoms with Gasteiger partial charge in [0.2, 0.25) is 5.88 Å². The van der Waals surface area contributed by atoms with Gasteiger partial charge in [0, 0.05) is 31.9 Å². The number of halogens is 1. The number of aromatic nitrogens is 1. The first-order chi connectivity index (χ1) is 12.9. The molecule has 0 aliphatic carbocycles. The predicted octanol–water partition coefficient (Wildman–Crippen LogP) is 1.87. The molecule has 1 unspecified atom stereocenters. The van der Waals surface area contributed by atoms with Crippen molar-refractivity contribution in [3.05, 3.63) is 54.0 Å². The summed E-state index contributed by atoms with van der Waals surface area (Å²) in [6.07, 6.45) is 2.20. The summed E-state index contributed by atoms with van der Waals surface area (Å²) in [6.45, 7) is 0.460. The number of nitrogens with zero attached hydrogens (tertiary/aromatic N) is 2. The minimum atomic E-state index is -2.95. The van der Waals surface area contributed by atoms with Crippen molar-refractivity contribution in [2.45, 2.75) is 19.0 Å². The quantitative estimate of drug-likeness (QED) is 0.596. The normalized spacial score (nSPS) is 18.9. The summed E-state index contributed by atoms with van der Waals surface area (Å²) in [4.78, 5) is 8.28. The standard InChI is InChI=1S/C18H21FN4O3S/c1-20-18(23-15-7-9-27(24,25)12-15)22-11-13-6-8-21-17(10-13)26-16-4-2-14(19)3-5-16/h2-6,8,10,15H,7,9,11-12H2,1H3,(H2,20,22,23). The van der Waals surface area contributed by atoms with Crippen molar-refractivity contribution in [1.29, 1.82) is 0 Å². The number of ether oxygens (including phenoxy) is 1. The van der Waals surface area contributed by atoms with Crippen LogP contribution in [0.3, 0.4) is 0 Å². The Bertz CT molecular complexity index is 916. The van der Waals surface area contributed by atoms with Gasteiger partial charge in [0.15, 0.2) is 15.8 Å². The minimum Gasteiger partial charge on any atom is -0.439 e. The van der Waals surface area contributed by atoms with Crippen LogP contribution in [-0.2, 0) is 16.4 Å². The third kappa shape index (κ3) is 5.65. The lowest BCUT2D eigenvalue weighted by Gasteiger charge is -2.16. The zero-order valence-corrected chi connectivity index (χ0v) is 15.7. The Hall–Kier alpha value is -2.68. The molecule has 1 aliphatic heterocycles. The average Bonchev–Trinajstić information content (AvgIpc) is 2.99. The van der Waals surface area contributed by atoms with E-state index in [2.05, 4.69) is 20.6 Å². The molecule has 27 heavy (non-hydrogen) atoms. The van der Waals surface area contributed by atoms with Crippen LogP contribution < -0.4 is 15.4 Å². The van der Waals surface area contributed by atoms with Crippen molar-refractivity contribution in [2.75, 3.05) is 18.6 Å². The topological polar surface area (TPSA) is 92.7 Å². The Balaban J connectivity index is 1.56. The number of sulfone groups is 1. The van der Waals surface area contributed by atoms with E-state index in [4.69, 9.17) is 4.74 Å². The van der Waals surface area contributed by atoms with Gasteiger partial charge >= 0.3 is 0 Å². The summed E-state index contributed by atoms with van der Waals surface area (Å²) in [5.41, 5.74) is 0.907. The minimum absolute atomic E-state index is 0.124. The zero-order chi connectivity index (χ0) is 19.3. The van der Waals surface area contributed by atoms with Crippen LogP contribution in [0.1, 0.15) is 12.0 Å². The van der Waals surface area contributed by atoms with E-state index in [9.17, 15) is 12.8 Å². The number of benzene rings is 1. The molecule has 1 atom stereocenters. The van der Waals surface area contributed by atoms with Crippen LogP contribution in [0.4, 0.5) is 4.39 Å². The van der Waals surface area contributed by atoms with E-state index in [0.29, 0.717) is 30.6 Å². The number of hydrogen-bond donors (Lipinski definition) is 2. The van der Waals surface area contributed by atoms with Crippen LogP contribution >= 0.6 is 0 Å². The molecule has 1 aromatic carbocycles. The lowest BCUT2D eigenvalue weighted by molar-refractivity contribution is 0.460. The van der Waals surface area contributed by atoms with Crippen LogP contribution in [0.2, 0.25) is 0 Å². The highest BCUT2D eigenvalue weighted by atomic mass is 32.2. The maximum Gasteiger partial charge on any atom is 0.219 e. The molecule has 0 radical (unpaired) electrons. The van der Waals surface area contributed by atoms with Gasteiger partial charge in [-0.25, -0.2) is 17.8 Å². The molecule has 0 spiro atoms. The molecule has 7 nitrogen and oxygen atoms in total. The van der Waals surface area contributed by atoms with Crippen LogP contribution in [0.25, 0.3) is 0 Å². The van der Waals surface area contributed by atoms with Gasteiger partial charge in [-0.05, 0) is 42.3 Å². The molecule has 0 saturated carbocycles.